The molecule has 0 aliphatic carbocycles. The van der Waals surface area contributed by atoms with Crippen molar-refractivity contribution in [1.82, 2.24) is 15.0 Å². The lowest BCUT2D eigenvalue weighted by atomic mass is 10.1. The predicted octanol–water partition coefficient (Wildman–Crippen LogP) is 6.60. The van der Waals surface area contributed by atoms with E-state index in [-0.39, 0.29) is 35.8 Å². The summed E-state index contributed by atoms with van der Waals surface area (Å²) in [7, 11) is 0. The van der Waals surface area contributed by atoms with Crippen LogP contribution in [-0.4, -0.2) is 34.8 Å². The molecule has 0 aliphatic heterocycles. The molecule has 0 N–H and O–H groups in total. The lowest BCUT2D eigenvalue weighted by Gasteiger charge is -2.15. The van der Waals surface area contributed by atoms with Crippen LogP contribution in [0.15, 0.2) is 52.5 Å². The van der Waals surface area contributed by atoms with E-state index < -0.39 is 0 Å². The van der Waals surface area contributed by atoms with Gasteiger partial charge in [-0.05, 0) is 34.3 Å². The molecular weight excluding hydrogens is 474 g/mol. The van der Waals surface area contributed by atoms with Gasteiger partial charge in [-0.15, -0.1) is 49.0 Å². The molecule has 0 bridgehead atoms. The zero-order chi connectivity index (χ0) is 23.0. The Balaban J connectivity index is 1.43. The topological polar surface area (TPSA) is 66.4 Å². The Labute approximate surface area is 206 Å². The van der Waals surface area contributed by atoms with Gasteiger partial charge in [0.15, 0.2) is 0 Å². The monoisotopic (exact) mass is 501 g/mol. The van der Waals surface area contributed by atoms with Crippen molar-refractivity contribution in [2.24, 2.45) is 0 Å². The summed E-state index contributed by atoms with van der Waals surface area (Å²) >= 11 is 5.14. The van der Waals surface area contributed by atoms with Crippen LogP contribution in [-0.2, 0) is 0 Å². The summed E-state index contributed by atoms with van der Waals surface area (Å²) in [5, 5.41) is 6.20. The Bertz CT molecular complexity index is 935. The molecule has 174 valence electrons. The van der Waals surface area contributed by atoms with Crippen molar-refractivity contribution in [2.75, 3.05) is 19.8 Å². The predicted molar refractivity (Wildman–Crippen MR) is 135 cm³/mol. The first-order valence-electron chi connectivity index (χ1n) is 10.8. The molecule has 0 saturated carbocycles. The van der Waals surface area contributed by atoms with Gasteiger partial charge >= 0.3 is 18.0 Å². The standard InChI is InChI=1S/C24H27N3O3S3/c1-16(19-7-4-10-31-19)13-28-22-25-23(29-14-17(2)20-8-5-11-32-20)27-24(26-22)30-15-18(3)21-9-6-12-33-21/h4-12,16-18H,13-15H2,1-3H3. The van der Waals surface area contributed by atoms with E-state index in [2.05, 4.69) is 70.1 Å². The van der Waals surface area contributed by atoms with Crippen LogP contribution in [0, 0.1) is 0 Å². The van der Waals surface area contributed by atoms with Gasteiger partial charge in [0.25, 0.3) is 0 Å². The molecule has 4 heterocycles. The summed E-state index contributed by atoms with van der Waals surface area (Å²) in [6.45, 7) is 7.73. The number of aromatic nitrogens is 3. The van der Waals surface area contributed by atoms with Crippen LogP contribution in [0.5, 0.6) is 18.0 Å². The Morgan fingerprint density at radius 1 is 0.576 bits per heavy atom. The third kappa shape index (κ3) is 6.75. The van der Waals surface area contributed by atoms with Crippen LogP contribution in [0.1, 0.15) is 53.2 Å². The maximum Gasteiger partial charge on any atom is 0.325 e. The van der Waals surface area contributed by atoms with Crippen LogP contribution in [0.25, 0.3) is 0 Å². The lowest BCUT2D eigenvalue weighted by Crippen LogP contribution is -2.14. The van der Waals surface area contributed by atoms with E-state index in [9.17, 15) is 0 Å². The number of rotatable bonds is 12. The maximum atomic E-state index is 5.92. The van der Waals surface area contributed by atoms with Gasteiger partial charge in [0, 0.05) is 32.4 Å². The average molecular weight is 502 g/mol. The van der Waals surface area contributed by atoms with E-state index in [4.69, 9.17) is 14.2 Å². The second-order valence-corrected chi connectivity index (χ2v) is 10.8. The Morgan fingerprint density at radius 3 is 1.12 bits per heavy atom. The van der Waals surface area contributed by atoms with E-state index in [1.165, 1.54) is 14.6 Å². The van der Waals surface area contributed by atoms with E-state index in [1.54, 1.807) is 34.0 Å². The van der Waals surface area contributed by atoms with Gasteiger partial charge in [-0.1, -0.05) is 39.0 Å². The van der Waals surface area contributed by atoms with Gasteiger partial charge in [-0.3, -0.25) is 0 Å². The summed E-state index contributed by atoms with van der Waals surface area (Å²) in [6.07, 6.45) is 0. The SMILES string of the molecule is CC(COc1nc(OCC(C)c2cccs2)nc(OCC(C)c2cccs2)n1)c1cccs1. The molecule has 33 heavy (non-hydrogen) atoms. The van der Waals surface area contributed by atoms with Crippen molar-refractivity contribution in [1.29, 1.82) is 0 Å². The van der Waals surface area contributed by atoms with Crippen LogP contribution in [0.3, 0.4) is 0 Å². The first-order valence-corrected chi connectivity index (χ1v) is 13.5. The average Bonchev–Trinajstić information content (AvgIpc) is 3.62. The van der Waals surface area contributed by atoms with Crippen LogP contribution >= 0.6 is 34.0 Å². The number of nitrogens with zero attached hydrogens (tertiary/aromatic N) is 3. The first-order chi connectivity index (χ1) is 16.1. The van der Waals surface area contributed by atoms with Gasteiger partial charge in [0.2, 0.25) is 0 Å². The highest BCUT2D eigenvalue weighted by Crippen LogP contribution is 2.25. The second-order valence-electron chi connectivity index (χ2n) is 7.87. The highest BCUT2D eigenvalue weighted by atomic mass is 32.1. The van der Waals surface area contributed by atoms with Crippen molar-refractivity contribution >= 4 is 34.0 Å². The summed E-state index contributed by atoms with van der Waals surface area (Å²) < 4.78 is 17.8. The van der Waals surface area contributed by atoms with Crippen molar-refractivity contribution in [2.45, 2.75) is 38.5 Å². The quantitative estimate of drug-likeness (QED) is 0.218. The van der Waals surface area contributed by atoms with Crippen LogP contribution in [0.2, 0.25) is 0 Å². The van der Waals surface area contributed by atoms with E-state index in [0.717, 1.165) is 0 Å². The van der Waals surface area contributed by atoms with Gasteiger partial charge in [-0.2, -0.15) is 0 Å². The molecule has 4 aromatic heterocycles. The zero-order valence-electron chi connectivity index (χ0n) is 18.8. The maximum absolute atomic E-state index is 5.92. The first kappa shape index (κ1) is 23.7. The molecule has 4 aromatic rings. The van der Waals surface area contributed by atoms with Crippen molar-refractivity contribution in [3.8, 4) is 18.0 Å². The molecular formula is C24H27N3O3S3. The fourth-order valence-corrected chi connectivity index (χ4v) is 5.39. The third-order valence-electron chi connectivity index (χ3n) is 5.05. The van der Waals surface area contributed by atoms with Crippen molar-refractivity contribution in [3.63, 3.8) is 0 Å². The normalized spacial score (nSPS) is 13.9. The van der Waals surface area contributed by atoms with E-state index in [1.807, 2.05) is 18.2 Å². The zero-order valence-corrected chi connectivity index (χ0v) is 21.3. The van der Waals surface area contributed by atoms with Gasteiger partial charge in [0.05, 0.1) is 19.8 Å². The molecule has 0 amide bonds. The molecule has 0 spiro atoms. The Morgan fingerprint density at radius 2 is 0.879 bits per heavy atom. The van der Waals surface area contributed by atoms with E-state index >= 15 is 0 Å². The fraction of sp³-hybridized carbons (Fsp3) is 0.375. The summed E-state index contributed by atoms with van der Waals surface area (Å²) in [5.74, 6) is 0.689. The van der Waals surface area contributed by atoms with Crippen molar-refractivity contribution in [3.05, 3.63) is 67.2 Å². The molecule has 0 saturated heterocycles. The molecule has 0 aliphatic rings. The summed E-state index contributed by atoms with van der Waals surface area (Å²) in [5.41, 5.74) is 0. The van der Waals surface area contributed by atoms with Gasteiger partial charge in [0.1, 0.15) is 0 Å². The van der Waals surface area contributed by atoms with E-state index in [0.29, 0.717) is 19.8 Å². The smallest absolute Gasteiger partial charge is 0.325 e. The van der Waals surface area contributed by atoms with Gasteiger partial charge < -0.3 is 14.2 Å². The van der Waals surface area contributed by atoms with Crippen LogP contribution in [0.4, 0.5) is 0 Å². The Kier molecular flexibility index (Phi) is 8.30. The molecule has 3 unspecified atom stereocenters. The number of ether oxygens (including phenoxy) is 3. The largest absolute Gasteiger partial charge is 0.463 e. The number of thiophene rings is 3. The molecule has 6 nitrogen and oxygen atoms in total. The number of hydrogen-bond donors (Lipinski definition) is 0. The molecule has 4 rings (SSSR count). The molecule has 9 heteroatoms. The van der Waals surface area contributed by atoms with Gasteiger partial charge in [-0.25, -0.2) is 0 Å². The highest BCUT2D eigenvalue weighted by molar-refractivity contribution is 7.10. The molecule has 3 atom stereocenters. The lowest BCUT2D eigenvalue weighted by molar-refractivity contribution is 0.221. The second kappa shape index (κ2) is 11.6. The third-order valence-corrected chi connectivity index (χ3v) is 8.36. The minimum atomic E-state index is 0.214. The summed E-state index contributed by atoms with van der Waals surface area (Å²) in [4.78, 5) is 16.9. The number of hydrogen-bond acceptors (Lipinski definition) is 9. The summed E-state index contributed by atoms with van der Waals surface area (Å²) in [6, 6.07) is 13.1. The highest BCUT2D eigenvalue weighted by Gasteiger charge is 2.16. The minimum Gasteiger partial charge on any atom is -0.463 e. The minimum absolute atomic E-state index is 0.214. The Hall–Kier alpha value is -2.49. The molecule has 0 radical (unpaired) electrons. The fourth-order valence-electron chi connectivity index (χ4n) is 3.07. The molecule has 0 aromatic carbocycles. The van der Waals surface area contributed by atoms with Crippen LogP contribution < -0.4 is 14.2 Å². The van der Waals surface area contributed by atoms with Crippen molar-refractivity contribution < 1.29 is 14.2 Å². The molecule has 0 fully saturated rings.